The molecule has 1 saturated heterocycles. The first-order valence-electron chi connectivity index (χ1n) is 14.5. The number of nitrogens with zero attached hydrogens (tertiary/aromatic N) is 1. The Morgan fingerprint density at radius 3 is 2.51 bits per heavy atom. The van der Waals surface area contributed by atoms with Crippen molar-refractivity contribution in [2.24, 2.45) is 5.73 Å². The first-order valence-corrected chi connectivity index (χ1v) is 17.2. The van der Waals surface area contributed by atoms with Crippen molar-refractivity contribution < 1.29 is 28.2 Å². The number of aromatic nitrogens is 1. The van der Waals surface area contributed by atoms with E-state index in [9.17, 15) is 23.8 Å². The minimum absolute atomic E-state index is 0.136. The van der Waals surface area contributed by atoms with Gasteiger partial charge >= 0.3 is 0 Å². The summed E-state index contributed by atoms with van der Waals surface area (Å²) in [6.07, 6.45) is 1.20. The molecule has 45 heavy (non-hydrogen) atoms. The largest absolute Gasteiger partial charge is 0.386 e. The second-order valence-electron chi connectivity index (χ2n) is 11.9. The lowest BCUT2D eigenvalue weighted by atomic mass is 9.92. The Kier molecular flexibility index (Phi) is 9.61. The number of carbonyl (C=O) groups excluding carboxylic acids is 2. The number of halogens is 1. The molecule has 2 amide bonds. The zero-order valence-corrected chi connectivity index (χ0v) is 26.6. The van der Waals surface area contributed by atoms with E-state index in [1.807, 2.05) is 36.4 Å². The van der Waals surface area contributed by atoms with Crippen molar-refractivity contribution in [3.8, 4) is 10.4 Å². The van der Waals surface area contributed by atoms with Gasteiger partial charge in [-0.3, -0.25) is 18.7 Å². The fourth-order valence-corrected chi connectivity index (χ4v) is 8.20. The van der Waals surface area contributed by atoms with Crippen molar-refractivity contribution in [1.82, 2.24) is 10.3 Å². The quantitative estimate of drug-likeness (QED) is 0.110. The number of amides is 2. The molecular weight excluding hydrogens is 616 g/mol. The summed E-state index contributed by atoms with van der Waals surface area (Å²) < 4.78 is 35.1. The second kappa shape index (κ2) is 13.3. The average Bonchev–Trinajstić information content (AvgIpc) is 3.55. The van der Waals surface area contributed by atoms with E-state index in [0.29, 0.717) is 39.8 Å². The maximum atomic E-state index is 15.1. The summed E-state index contributed by atoms with van der Waals surface area (Å²) in [7, 11) is -2.64. The molecule has 2 atom stereocenters. The maximum absolute atomic E-state index is 15.1. The number of thiophene rings is 1. The molecule has 238 valence electrons. The number of nitrogens with two attached hydrogens (primary N) is 1. The molecule has 0 saturated carbocycles. The van der Waals surface area contributed by atoms with E-state index in [4.69, 9.17) is 10.7 Å². The minimum atomic E-state index is -2.64. The highest BCUT2D eigenvalue weighted by atomic mass is 32.3. The number of primary amides is 1. The number of rotatable bonds is 11. The van der Waals surface area contributed by atoms with Crippen molar-refractivity contribution in [2.45, 2.75) is 50.7 Å². The van der Waals surface area contributed by atoms with Crippen LogP contribution in [-0.2, 0) is 16.8 Å². The number of nitrogens with one attached hydrogen (secondary N) is 2. The fourth-order valence-electron chi connectivity index (χ4n) is 5.38. The molecule has 12 heteroatoms. The third-order valence-corrected chi connectivity index (χ3v) is 10.7. The summed E-state index contributed by atoms with van der Waals surface area (Å²) in [5.41, 5.74) is 7.03. The van der Waals surface area contributed by atoms with Gasteiger partial charge in [0.05, 0.1) is 16.9 Å². The zero-order valence-electron chi connectivity index (χ0n) is 25.0. The molecule has 2 aromatic heterocycles. The van der Waals surface area contributed by atoms with Gasteiger partial charge in [0.15, 0.2) is 0 Å². The molecule has 1 aliphatic rings. The van der Waals surface area contributed by atoms with Crippen LogP contribution in [0.5, 0.6) is 0 Å². The summed E-state index contributed by atoms with van der Waals surface area (Å²) in [4.78, 5) is 30.8. The van der Waals surface area contributed by atoms with Crippen LogP contribution in [0.25, 0.3) is 10.4 Å². The lowest BCUT2D eigenvalue weighted by Gasteiger charge is -2.26. The summed E-state index contributed by atoms with van der Waals surface area (Å²) in [5.74, 6) is -0.849. The summed E-state index contributed by atoms with van der Waals surface area (Å²) >= 11 is 1.15. The van der Waals surface area contributed by atoms with Crippen LogP contribution in [0.1, 0.15) is 59.8 Å². The summed E-state index contributed by atoms with van der Waals surface area (Å²) in [5, 5.41) is 16.8. The van der Waals surface area contributed by atoms with Gasteiger partial charge in [-0.15, -0.1) is 11.3 Å². The van der Waals surface area contributed by atoms with E-state index in [1.54, 1.807) is 38.1 Å². The fraction of sp³-hybridized carbons (Fsp3) is 0.303. The summed E-state index contributed by atoms with van der Waals surface area (Å²) in [6.45, 7) is 3.15. The molecule has 0 bridgehead atoms. The van der Waals surface area contributed by atoms with Crippen molar-refractivity contribution in [3.63, 3.8) is 0 Å². The molecule has 0 spiro atoms. The van der Waals surface area contributed by atoms with Crippen molar-refractivity contribution in [1.29, 1.82) is 0 Å². The Balaban J connectivity index is 1.40. The minimum Gasteiger partial charge on any atom is -0.386 e. The van der Waals surface area contributed by atoms with E-state index < -0.39 is 27.9 Å². The van der Waals surface area contributed by atoms with Crippen LogP contribution >= 0.6 is 21.9 Å². The topological polar surface area (TPSA) is 158 Å². The van der Waals surface area contributed by atoms with Gasteiger partial charge in [0.1, 0.15) is 16.6 Å². The van der Waals surface area contributed by atoms with Crippen molar-refractivity contribution >= 4 is 44.6 Å². The molecule has 0 radical (unpaired) electrons. The Labute approximate surface area is 267 Å². The number of anilines is 2. The predicted molar refractivity (Wildman–Crippen MR) is 178 cm³/mol. The molecule has 2 unspecified atom stereocenters. The molecule has 2 aromatic carbocycles. The maximum Gasteiger partial charge on any atom is 0.251 e. The van der Waals surface area contributed by atoms with Crippen molar-refractivity contribution in [3.05, 3.63) is 101 Å². The first-order chi connectivity index (χ1) is 21.3. The average molecular weight is 653 g/mol. The van der Waals surface area contributed by atoms with Gasteiger partial charge in [0.2, 0.25) is 5.91 Å². The standard InChI is InChI=1S/C33H37FN4O5S2/c1-33(2,41)22-11-12-24(26(34)17-22)28-18-25(31(35)40)32(44-28)38-29-10-6-9-27(37-29)21(15-20-7-4-3-5-8-20)16-30(39)36-23-13-14-45(42,43)19-23/h3-12,17-18,21,23,41-43H,13-16,19H2,1-2H3,(H2,35,40)(H,36,39)(H,37,38). The Bertz CT molecular complexity index is 1690. The molecule has 7 N–H and O–H groups in total. The van der Waals surface area contributed by atoms with Crippen LogP contribution in [-0.4, -0.2) is 48.6 Å². The molecule has 3 heterocycles. The smallest absolute Gasteiger partial charge is 0.251 e. The molecule has 5 rings (SSSR count). The third-order valence-electron chi connectivity index (χ3n) is 7.75. The molecule has 4 aromatic rings. The van der Waals surface area contributed by atoms with Gasteiger partial charge in [-0.25, -0.2) is 9.37 Å². The van der Waals surface area contributed by atoms with Crippen LogP contribution in [0.4, 0.5) is 15.2 Å². The number of aliphatic hydroxyl groups is 1. The third kappa shape index (κ3) is 8.27. The monoisotopic (exact) mass is 652 g/mol. The molecule has 9 nitrogen and oxygen atoms in total. The van der Waals surface area contributed by atoms with Gasteiger partial charge in [0.25, 0.3) is 5.91 Å². The van der Waals surface area contributed by atoms with E-state index in [2.05, 4.69) is 10.6 Å². The van der Waals surface area contributed by atoms with Crippen LogP contribution in [0.15, 0.2) is 72.8 Å². The zero-order chi connectivity index (χ0) is 32.4. The predicted octanol–water partition coefficient (Wildman–Crippen LogP) is 6.37. The van der Waals surface area contributed by atoms with Gasteiger partial charge in [-0.05, 0) is 62.1 Å². The SMILES string of the molecule is CC(C)(O)c1ccc(-c2cc(C(N)=O)c(Nc3cccc(C(CC(=O)NC4CCS(O)(O)C4)Cc4ccccc4)n3)s2)c(F)c1. The number of pyridine rings is 1. The Morgan fingerprint density at radius 2 is 1.87 bits per heavy atom. The molecule has 1 fully saturated rings. The van der Waals surface area contributed by atoms with Gasteiger partial charge in [0, 0.05) is 40.3 Å². The Morgan fingerprint density at radius 1 is 1.11 bits per heavy atom. The van der Waals surface area contributed by atoms with E-state index in [0.717, 1.165) is 16.9 Å². The van der Waals surface area contributed by atoms with E-state index >= 15 is 4.39 Å². The molecule has 1 aliphatic heterocycles. The van der Waals surface area contributed by atoms with E-state index in [1.165, 1.54) is 12.1 Å². The van der Waals surface area contributed by atoms with Gasteiger partial charge in [-0.1, -0.05) is 48.5 Å². The van der Waals surface area contributed by atoms with Crippen LogP contribution in [0.3, 0.4) is 0 Å². The van der Waals surface area contributed by atoms with Crippen LogP contribution in [0.2, 0.25) is 0 Å². The normalized spacial score (nSPS) is 17.4. The van der Waals surface area contributed by atoms with Gasteiger partial charge < -0.3 is 21.5 Å². The van der Waals surface area contributed by atoms with Crippen LogP contribution in [0, 0.1) is 5.82 Å². The lowest BCUT2D eigenvalue weighted by Crippen LogP contribution is -2.36. The number of carbonyl (C=O) groups is 2. The highest BCUT2D eigenvalue weighted by Gasteiger charge is 2.30. The van der Waals surface area contributed by atoms with Crippen molar-refractivity contribution in [2.75, 3.05) is 16.8 Å². The summed E-state index contributed by atoms with van der Waals surface area (Å²) in [6, 6.07) is 20.9. The van der Waals surface area contributed by atoms with E-state index in [-0.39, 0.29) is 46.9 Å². The first kappa shape index (κ1) is 32.6. The van der Waals surface area contributed by atoms with Gasteiger partial charge in [-0.2, -0.15) is 10.6 Å². The second-order valence-corrected chi connectivity index (χ2v) is 15.3. The number of benzene rings is 2. The van der Waals surface area contributed by atoms with Crippen LogP contribution < -0.4 is 16.4 Å². The lowest BCUT2D eigenvalue weighted by molar-refractivity contribution is -0.122. The molecule has 0 aliphatic carbocycles. The highest BCUT2D eigenvalue weighted by Crippen LogP contribution is 2.45. The highest BCUT2D eigenvalue weighted by molar-refractivity contribution is 8.24. The Hall–Kier alpha value is -3.81. The number of hydrogen-bond acceptors (Lipinski definition) is 8. The molecular formula is C33H37FN4O5S2. The number of hydrogen-bond donors (Lipinski definition) is 6.